The molecule has 7 nitrogen and oxygen atoms in total. The van der Waals surface area contributed by atoms with Gasteiger partial charge in [-0.2, -0.15) is 0 Å². The molecule has 0 radical (unpaired) electrons. The number of methoxy groups -OCH3 is 2. The number of anilines is 1. The first-order chi connectivity index (χ1) is 12.7. The van der Waals surface area contributed by atoms with Gasteiger partial charge in [-0.3, -0.25) is 4.79 Å². The van der Waals surface area contributed by atoms with Crippen molar-refractivity contribution in [3.63, 3.8) is 0 Å². The summed E-state index contributed by atoms with van der Waals surface area (Å²) >= 11 is 0. The Bertz CT molecular complexity index is 926. The average Bonchev–Trinajstić information content (AvgIpc) is 3.03. The van der Waals surface area contributed by atoms with E-state index in [4.69, 9.17) is 14.6 Å². The molecule has 144 valence electrons. The van der Waals surface area contributed by atoms with E-state index in [1.165, 1.54) is 7.11 Å². The van der Waals surface area contributed by atoms with Crippen LogP contribution in [0.5, 0.6) is 11.5 Å². The van der Waals surface area contributed by atoms with Crippen molar-refractivity contribution in [2.45, 2.75) is 6.54 Å². The van der Waals surface area contributed by atoms with Crippen LogP contribution >= 0.6 is 0 Å². The first-order valence-electron chi connectivity index (χ1n) is 8.23. The molecule has 0 fully saturated rings. The van der Waals surface area contributed by atoms with E-state index in [0.717, 1.165) is 11.0 Å². The Morgan fingerprint density at radius 2 is 1.89 bits per heavy atom. The zero-order valence-electron chi connectivity index (χ0n) is 15.1. The maximum Gasteiger partial charge on any atom is 0.204 e. The maximum atomic E-state index is 12.8. The molecule has 0 aliphatic heterocycles. The number of carbonyl (C=O) groups excluding carboxylic acids is 1. The van der Waals surface area contributed by atoms with Crippen molar-refractivity contribution >= 4 is 22.8 Å². The number of ether oxygens (including phenoxy) is 2. The molecule has 3 rings (SSSR count). The van der Waals surface area contributed by atoms with Gasteiger partial charge in [-0.25, -0.2) is 4.98 Å². The van der Waals surface area contributed by atoms with Crippen LogP contribution in [-0.2, 0) is 6.54 Å². The summed E-state index contributed by atoms with van der Waals surface area (Å²) in [4.78, 5) is 17.3. The lowest BCUT2D eigenvalue weighted by molar-refractivity contribution is -0.0000147. The fourth-order valence-electron chi connectivity index (χ4n) is 2.78. The summed E-state index contributed by atoms with van der Waals surface area (Å²) in [5.41, 5.74) is 2.16. The Morgan fingerprint density at radius 3 is 2.59 bits per heavy atom. The van der Waals surface area contributed by atoms with Gasteiger partial charge in [0, 0.05) is 12.1 Å². The molecule has 3 aromatic rings. The van der Waals surface area contributed by atoms with E-state index in [0.29, 0.717) is 29.6 Å². The number of imidazole rings is 1. The molecule has 0 unspecified atom stereocenters. The first-order valence-corrected chi connectivity index (χ1v) is 8.23. The second kappa shape index (κ2) is 9.38. The number of aliphatic hydroxyl groups excluding tert-OH is 1. The first kappa shape index (κ1) is 20.7. The molecule has 0 bridgehead atoms. The summed E-state index contributed by atoms with van der Waals surface area (Å²) in [6.07, 6.45) is 0. The Hall–Kier alpha value is -2.58. The normalized spacial score (nSPS) is 10.3. The van der Waals surface area contributed by atoms with Gasteiger partial charge >= 0.3 is 0 Å². The van der Waals surface area contributed by atoms with Crippen molar-refractivity contribution < 1.29 is 36.4 Å². The minimum absolute atomic E-state index is 0. The largest absolute Gasteiger partial charge is 1.00 e. The minimum atomic E-state index is -0.0823. The quantitative estimate of drug-likeness (QED) is 0.458. The Balaban J connectivity index is 0.00000261. The fraction of sp³-hybridized carbons (Fsp3) is 0.263. The lowest BCUT2D eigenvalue weighted by Crippen LogP contribution is -3.00. The van der Waals surface area contributed by atoms with Crippen LogP contribution in [0.15, 0.2) is 42.5 Å². The van der Waals surface area contributed by atoms with Crippen LogP contribution in [0.25, 0.3) is 11.0 Å². The highest BCUT2D eigenvalue weighted by Gasteiger charge is 2.16. The van der Waals surface area contributed by atoms with Crippen molar-refractivity contribution in [1.82, 2.24) is 9.55 Å². The van der Waals surface area contributed by atoms with E-state index in [1.54, 1.807) is 25.3 Å². The van der Waals surface area contributed by atoms with Gasteiger partial charge in [0.1, 0.15) is 0 Å². The highest BCUT2D eigenvalue weighted by molar-refractivity contribution is 5.97. The molecule has 0 aliphatic carbocycles. The van der Waals surface area contributed by atoms with E-state index in [-0.39, 0.29) is 35.9 Å². The monoisotopic (exact) mass is 434 g/mol. The number of nitrogens with one attached hydrogen (secondary N) is 1. The van der Waals surface area contributed by atoms with Crippen LogP contribution in [0.3, 0.4) is 0 Å². The molecule has 2 N–H and O–H groups in total. The van der Waals surface area contributed by atoms with Crippen molar-refractivity contribution in [2.75, 3.05) is 32.7 Å². The number of aliphatic hydroxyl groups is 1. The molecule has 0 spiro atoms. The predicted molar refractivity (Wildman–Crippen MR) is 99.2 cm³/mol. The molecule has 2 aromatic carbocycles. The lowest BCUT2D eigenvalue weighted by atomic mass is 10.1. The van der Waals surface area contributed by atoms with Gasteiger partial charge in [-0.15, -0.1) is 0 Å². The number of hydrogen-bond acceptors (Lipinski definition) is 6. The third-order valence-electron chi connectivity index (χ3n) is 4.06. The molecular weight excluding hydrogens is 414 g/mol. The van der Waals surface area contributed by atoms with Gasteiger partial charge < -0.3 is 41.4 Å². The molecule has 1 aromatic heterocycles. The summed E-state index contributed by atoms with van der Waals surface area (Å²) in [6, 6.07) is 12.7. The number of para-hydroxylation sites is 2. The van der Waals surface area contributed by atoms with Crippen LogP contribution in [0.1, 0.15) is 10.4 Å². The number of ketones is 1. The molecule has 0 aliphatic rings. The van der Waals surface area contributed by atoms with Crippen LogP contribution in [0.4, 0.5) is 5.95 Å². The van der Waals surface area contributed by atoms with Crippen LogP contribution in [-0.4, -0.2) is 47.8 Å². The highest BCUT2D eigenvalue weighted by Crippen LogP contribution is 2.28. The van der Waals surface area contributed by atoms with Gasteiger partial charge in [0.25, 0.3) is 0 Å². The molecule has 0 amide bonds. The molecular formula is C19H21BrN3O4-. The summed E-state index contributed by atoms with van der Waals surface area (Å²) in [7, 11) is 3.09. The summed E-state index contributed by atoms with van der Waals surface area (Å²) in [6.45, 7) is 0.449. The summed E-state index contributed by atoms with van der Waals surface area (Å²) in [5, 5.41) is 12.1. The topological polar surface area (TPSA) is 85.6 Å². The third kappa shape index (κ3) is 4.40. The number of hydrogen-bond donors (Lipinski definition) is 2. The predicted octanol–water partition coefficient (Wildman–Crippen LogP) is -0.655. The number of Topliss-reactive ketones (excluding diaryl/α,β-unsaturated/α-hetero) is 1. The number of fused-ring (bicyclic) bond motifs is 1. The standard InChI is InChI=1S/C19H21N3O4.BrH/c1-25-17-8-7-13(11-18(17)26-2)16(24)12-22-15-6-4-3-5-14(15)21-19(22)20-9-10-23;/h3-8,11,23H,9-10,12H2,1-2H3,(H,20,21);1H/p-1. The van der Waals surface area contributed by atoms with Gasteiger partial charge in [-0.1, -0.05) is 12.1 Å². The second-order valence-electron chi connectivity index (χ2n) is 5.65. The number of benzene rings is 2. The van der Waals surface area contributed by atoms with E-state index in [1.807, 2.05) is 28.8 Å². The van der Waals surface area contributed by atoms with Crippen LogP contribution < -0.4 is 31.8 Å². The number of aromatic nitrogens is 2. The van der Waals surface area contributed by atoms with E-state index >= 15 is 0 Å². The SMILES string of the molecule is COc1ccc(C(=O)Cn2c(NCCO)nc3ccccc32)cc1OC.[Br-]. The molecule has 8 heteroatoms. The van der Waals surface area contributed by atoms with Gasteiger partial charge in [0.05, 0.1) is 38.4 Å². The van der Waals surface area contributed by atoms with Crippen molar-refractivity contribution in [3.05, 3.63) is 48.0 Å². The maximum absolute atomic E-state index is 12.8. The number of nitrogens with zero attached hydrogens (tertiary/aromatic N) is 2. The van der Waals surface area contributed by atoms with E-state index in [9.17, 15) is 4.79 Å². The summed E-state index contributed by atoms with van der Waals surface area (Å²) in [5.74, 6) is 1.55. The average molecular weight is 435 g/mol. The second-order valence-corrected chi connectivity index (χ2v) is 5.65. The van der Waals surface area contributed by atoms with Crippen molar-refractivity contribution in [3.8, 4) is 11.5 Å². The molecule has 0 atom stereocenters. The Kier molecular flexibility index (Phi) is 7.20. The molecule has 1 heterocycles. The summed E-state index contributed by atoms with van der Waals surface area (Å²) < 4.78 is 12.3. The zero-order valence-corrected chi connectivity index (χ0v) is 16.7. The van der Waals surface area contributed by atoms with Gasteiger partial charge in [0.15, 0.2) is 17.3 Å². The highest BCUT2D eigenvalue weighted by atomic mass is 79.9. The van der Waals surface area contributed by atoms with Crippen LogP contribution in [0, 0.1) is 0 Å². The fourth-order valence-corrected chi connectivity index (χ4v) is 2.78. The number of halogens is 1. The molecule has 0 saturated carbocycles. The van der Waals surface area contributed by atoms with E-state index < -0.39 is 0 Å². The Labute approximate surface area is 167 Å². The molecule has 27 heavy (non-hydrogen) atoms. The molecule has 0 saturated heterocycles. The third-order valence-corrected chi connectivity index (χ3v) is 4.06. The Morgan fingerprint density at radius 1 is 1.15 bits per heavy atom. The van der Waals surface area contributed by atoms with Crippen molar-refractivity contribution in [1.29, 1.82) is 0 Å². The zero-order chi connectivity index (χ0) is 18.5. The minimum Gasteiger partial charge on any atom is -1.00 e. The van der Waals surface area contributed by atoms with E-state index in [2.05, 4.69) is 10.3 Å². The van der Waals surface area contributed by atoms with Gasteiger partial charge in [0.2, 0.25) is 5.95 Å². The number of rotatable bonds is 8. The lowest BCUT2D eigenvalue weighted by Gasteiger charge is -2.11. The smallest absolute Gasteiger partial charge is 0.204 e. The van der Waals surface area contributed by atoms with Crippen molar-refractivity contribution in [2.24, 2.45) is 0 Å². The number of carbonyl (C=O) groups is 1. The van der Waals surface area contributed by atoms with Gasteiger partial charge in [-0.05, 0) is 30.3 Å². The van der Waals surface area contributed by atoms with Crippen LogP contribution in [0.2, 0.25) is 0 Å².